The van der Waals surface area contributed by atoms with Crippen molar-refractivity contribution in [3.05, 3.63) is 66.2 Å². The summed E-state index contributed by atoms with van der Waals surface area (Å²) in [5.41, 5.74) is 15.5. The number of benzene rings is 2. The molecule has 0 unspecified atom stereocenters. The topological polar surface area (TPSA) is 69.9 Å². The highest BCUT2D eigenvalue weighted by Crippen LogP contribution is 2.30. The molecule has 3 aromatic rings. The Morgan fingerprint density at radius 2 is 1.45 bits per heavy atom. The van der Waals surface area contributed by atoms with E-state index in [1.807, 2.05) is 53.2 Å². The molecule has 1 aromatic heterocycles. The lowest BCUT2D eigenvalue weighted by atomic mass is 10.1. The second-order valence-corrected chi connectivity index (χ2v) is 4.66. The highest BCUT2D eigenvalue weighted by molar-refractivity contribution is 5.80. The third-order valence-corrected chi connectivity index (χ3v) is 3.24. The average Bonchev–Trinajstić information content (AvgIpc) is 2.76. The standard InChI is InChI=1S/C16H16N4/c17-14-15(13-9-5-2-6-10-13)20(19-16(14)18)11-12-7-3-1-4-8-12/h1-10H,11,17H2,(H2,18,19). The van der Waals surface area contributed by atoms with Gasteiger partial charge in [-0.1, -0.05) is 60.7 Å². The minimum Gasteiger partial charge on any atom is -0.394 e. The first-order chi connectivity index (χ1) is 9.75. The molecule has 0 radical (unpaired) electrons. The Bertz CT molecular complexity index is 702. The van der Waals surface area contributed by atoms with Crippen LogP contribution in [0.5, 0.6) is 0 Å². The van der Waals surface area contributed by atoms with Gasteiger partial charge < -0.3 is 11.5 Å². The first kappa shape index (κ1) is 12.3. The van der Waals surface area contributed by atoms with Crippen molar-refractivity contribution in [3.63, 3.8) is 0 Å². The summed E-state index contributed by atoms with van der Waals surface area (Å²) in [6, 6.07) is 20.1. The van der Waals surface area contributed by atoms with Crippen molar-refractivity contribution in [2.75, 3.05) is 11.5 Å². The lowest BCUT2D eigenvalue weighted by Crippen LogP contribution is -2.04. The fraction of sp³-hybridized carbons (Fsp3) is 0.0625. The number of anilines is 2. The number of aromatic nitrogens is 2. The van der Waals surface area contributed by atoms with E-state index in [0.29, 0.717) is 18.1 Å². The van der Waals surface area contributed by atoms with Crippen LogP contribution in [0, 0.1) is 0 Å². The van der Waals surface area contributed by atoms with Crippen molar-refractivity contribution in [3.8, 4) is 11.3 Å². The molecule has 0 spiro atoms. The Hall–Kier alpha value is -2.75. The second kappa shape index (κ2) is 5.09. The molecule has 0 aliphatic rings. The first-order valence-corrected chi connectivity index (χ1v) is 6.47. The average molecular weight is 264 g/mol. The monoisotopic (exact) mass is 264 g/mol. The molecule has 0 saturated heterocycles. The highest BCUT2D eigenvalue weighted by atomic mass is 15.3. The molecule has 4 N–H and O–H groups in total. The summed E-state index contributed by atoms with van der Waals surface area (Å²) in [7, 11) is 0. The summed E-state index contributed by atoms with van der Waals surface area (Å²) < 4.78 is 1.86. The molecule has 20 heavy (non-hydrogen) atoms. The van der Waals surface area contributed by atoms with Crippen LogP contribution in [0.25, 0.3) is 11.3 Å². The van der Waals surface area contributed by atoms with E-state index in [-0.39, 0.29) is 0 Å². The van der Waals surface area contributed by atoms with Crippen molar-refractivity contribution >= 4 is 11.5 Å². The smallest absolute Gasteiger partial charge is 0.169 e. The van der Waals surface area contributed by atoms with Crippen LogP contribution in [0.2, 0.25) is 0 Å². The summed E-state index contributed by atoms with van der Waals surface area (Å²) >= 11 is 0. The minimum absolute atomic E-state index is 0.375. The molecule has 0 amide bonds. The van der Waals surface area contributed by atoms with E-state index < -0.39 is 0 Å². The summed E-state index contributed by atoms with van der Waals surface area (Å²) in [6.45, 7) is 0.645. The Morgan fingerprint density at radius 1 is 0.850 bits per heavy atom. The molecule has 0 saturated carbocycles. The maximum atomic E-state index is 6.08. The van der Waals surface area contributed by atoms with E-state index in [9.17, 15) is 0 Å². The summed E-state index contributed by atoms with van der Waals surface area (Å²) in [5.74, 6) is 0.375. The molecule has 4 heteroatoms. The van der Waals surface area contributed by atoms with E-state index >= 15 is 0 Å². The molecule has 0 fully saturated rings. The van der Waals surface area contributed by atoms with Gasteiger partial charge in [-0.2, -0.15) is 5.10 Å². The summed E-state index contributed by atoms with van der Waals surface area (Å²) in [4.78, 5) is 0. The van der Waals surface area contributed by atoms with Gasteiger partial charge in [0, 0.05) is 5.56 Å². The van der Waals surface area contributed by atoms with Crippen LogP contribution in [0.4, 0.5) is 11.5 Å². The Balaban J connectivity index is 2.06. The van der Waals surface area contributed by atoms with Gasteiger partial charge in [-0.3, -0.25) is 4.68 Å². The maximum absolute atomic E-state index is 6.08. The molecule has 0 atom stereocenters. The van der Waals surface area contributed by atoms with Crippen LogP contribution >= 0.6 is 0 Å². The van der Waals surface area contributed by atoms with Gasteiger partial charge in [0.1, 0.15) is 5.69 Å². The molecule has 2 aromatic carbocycles. The van der Waals surface area contributed by atoms with Crippen molar-refractivity contribution in [2.45, 2.75) is 6.54 Å². The van der Waals surface area contributed by atoms with E-state index in [4.69, 9.17) is 11.5 Å². The fourth-order valence-corrected chi connectivity index (χ4v) is 2.27. The molecule has 3 rings (SSSR count). The first-order valence-electron chi connectivity index (χ1n) is 6.47. The van der Waals surface area contributed by atoms with E-state index in [2.05, 4.69) is 17.2 Å². The lowest BCUT2D eigenvalue weighted by Gasteiger charge is -2.08. The molecule has 100 valence electrons. The van der Waals surface area contributed by atoms with Crippen LogP contribution in [-0.4, -0.2) is 9.78 Å². The van der Waals surface area contributed by atoms with Gasteiger partial charge >= 0.3 is 0 Å². The van der Waals surface area contributed by atoms with E-state index in [0.717, 1.165) is 16.8 Å². The number of hydrogen-bond acceptors (Lipinski definition) is 3. The number of nitrogen functional groups attached to an aromatic ring is 2. The summed E-state index contributed by atoms with van der Waals surface area (Å²) in [6.07, 6.45) is 0. The van der Waals surface area contributed by atoms with Gasteiger partial charge in [0.05, 0.1) is 12.2 Å². The number of rotatable bonds is 3. The Kier molecular flexibility index (Phi) is 3.13. The SMILES string of the molecule is Nc1nn(Cc2ccccc2)c(-c2ccccc2)c1N. The zero-order valence-corrected chi connectivity index (χ0v) is 11.0. The zero-order chi connectivity index (χ0) is 13.9. The number of nitrogens with two attached hydrogens (primary N) is 2. The Morgan fingerprint density at radius 3 is 2.10 bits per heavy atom. The van der Waals surface area contributed by atoms with Gasteiger partial charge in [-0.25, -0.2) is 0 Å². The molecular weight excluding hydrogens is 248 g/mol. The molecule has 4 nitrogen and oxygen atoms in total. The predicted octanol–water partition coefficient (Wildman–Crippen LogP) is 2.76. The quantitative estimate of drug-likeness (QED) is 0.764. The molecular formula is C16H16N4. The zero-order valence-electron chi connectivity index (χ0n) is 11.0. The predicted molar refractivity (Wildman–Crippen MR) is 82.0 cm³/mol. The third-order valence-electron chi connectivity index (χ3n) is 3.24. The van der Waals surface area contributed by atoms with Gasteiger partial charge in [0.25, 0.3) is 0 Å². The largest absolute Gasteiger partial charge is 0.394 e. The van der Waals surface area contributed by atoms with E-state index in [1.165, 1.54) is 0 Å². The number of nitrogens with zero attached hydrogens (tertiary/aromatic N) is 2. The van der Waals surface area contributed by atoms with Crippen molar-refractivity contribution in [1.29, 1.82) is 0 Å². The molecule has 0 aliphatic carbocycles. The molecule has 0 aliphatic heterocycles. The number of hydrogen-bond donors (Lipinski definition) is 2. The fourth-order valence-electron chi connectivity index (χ4n) is 2.27. The van der Waals surface area contributed by atoms with Gasteiger partial charge in [-0.05, 0) is 5.56 Å². The highest BCUT2D eigenvalue weighted by Gasteiger charge is 2.14. The Labute approximate surface area is 117 Å². The lowest BCUT2D eigenvalue weighted by molar-refractivity contribution is 0.698. The van der Waals surface area contributed by atoms with Gasteiger partial charge in [0.2, 0.25) is 0 Å². The third kappa shape index (κ3) is 2.23. The van der Waals surface area contributed by atoms with Crippen molar-refractivity contribution in [2.24, 2.45) is 0 Å². The van der Waals surface area contributed by atoms with Crippen LogP contribution in [-0.2, 0) is 6.54 Å². The second-order valence-electron chi connectivity index (χ2n) is 4.66. The van der Waals surface area contributed by atoms with E-state index in [1.54, 1.807) is 0 Å². The van der Waals surface area contributed by atoms with Gasteiger partial charge in [0.15, 0.2) is 5.82 Å². The molecule has 1 heterocycles. The van der Waals surface area contributed by atoms with Crippen LogP contribution in [0.15, 0.2) is 60.7 Å². The van der Waals surface area contributed by atoms with Gasteiger partial charge in [-0.15, -0.1) is 0 Å². The van der Waals surface area contributed by atoms with Crippen LogP contribution in [0.1, 0.15) is 5.56 Å². The van der Waals surface area contributed by atoms with Crippen molar-refractivity contribution < 1.29 is 0 Å². The molecule has 0 bridgehead atoms. The normalized spacial score (nSPS) is 10.6. The minimum atomic E-state index is 0.375. The maximum Gasteiger partial charge on any atom is 0.169 e. The van der Waals surface area contributed by atoms with Crippen LogP contribution in [0.3, 0.4) is 0 Å². The summed E-state index contributed by atoms with van der Waals surface area (Å²) in [5, 5.41) is 4.35. The van der Waals surface area contributed by atoms with Crippen molar-refractivity contribution in [1.82, 2.24) is 9.78 Å². The van der Waals surface area contributed by atoms with Crippen LogP contribution < -0.4 is 11.5 Å².